The quantitative estimate of drug-likeness (QED) is 0.647. The standard InChI is InChI=1S/C7H5F3NO/c8-7(9,10)12-6-3-1-2-5(11)4-6/h1-4,11H. The van der Waals surface area contributed by atoms with E-state index in [2.05, 4.69) is 4.74 Å². The Morgan fingerprint density at radius 2 is 1.92 bits per heavy atom. The second kappa shape index (κ2) is 2.92. The predicted octanol–water partition coefficient (Wildman–Crippen LogP) is 2.50. The molecule has 5 heteroatoms. The fraction of sp³-hybridized carbons (Fsp3) is 0.143. The number of hydrogen-bond donors (Lipinski definition) is 0. The van der Waals surface area contributed by atoms with Crippen LogP contribution in [-0.4, -0.2) is 6.36 Å². The topological polar surface area (TPSA) is 33.0 Å². The SMILES string of the molecule is [NH]c1cccc(OC(F)(F)F)c1. The van der Waals surface area contributed by atoms with Crippen LogP contribution in [0.1, 0.15) is 0 Å². The smallest absolute Gasteiger partial charge is 0.406 e. The summed E-state index contributed by atoms with van der Waals surface area (Å²) < 4.78 is 38.3. The number of alkyl halides is 3. The highest BCUT2D eigenvalue weighted by Crippen LogP contribution is 2.24. The molecule has 1 aromatic carbocycles. The van der Waals surface area contributed by atoms with Crippen molar-refractivity contribution in [2.75, 3.05) is 0 Å². The van der Waals surface area contributed by atoms with Gasteiger partial charge in [-0.15, -0.1) is 13.2 Å². The number of halogens is 3. The fourth-order valence-corrected chi connectivity index (χ4v) is 0.693. The molecule has 0 saturated heterocycles. The van der Waals surface area contributed by atoms with E-state index in [1.54, 1.807) is 0 Å². The first-order valence-electron chi connectivity index (χ1n) is 3.05. The van der Waals surface area contributed by atoms with Crippen LogP contribution in [0.4, 0.5) is 18.9 Å². The average Bonchev–Trinajstić information content (AvgIpc) is 1.82. The van der Waals surface area contributed by atoms with Crippen molar-refractivity contribution in [2.45, 2.75) is 6.36 Å². The molecule has 0 aliphatic carbocycles. The van der Waals surface area contributed by atoms with Gasteiger partial charge >= 0.3 is 6.36 Å². The Bertz CT molecular complexity index is 272. The lowest BCUT2D eigenvalue weighted by atomic mass is 10.3. The zero-order valence-corrected chi connectivity index (χ0v) is 5.85. The van der Waals surface area contributed by atoms with Gasteiger partial charge in [0.15, 0.2) is 0 Å². The summed E-state index contributed by atoms with van der Waals surface area (Å²) in [6, 6.07) is 4.83. The zero-order valence-electron chi connectivity index (χ0n) is 5.85. The van der Waals surface area contributed by atoms with Gasteiger partial charge in [-0.1, -0.05) is 6.07 Å². The summed E-state index contributed by atoms with van der Waals surface area (Å²) >= 11 is 0. The molecule has 12 heavy (non-hydrogen) atoms. The van der Waals surface area contributed by atoms with Gasteiger partial charge in [-0.25, -0.2) is 0 Å². The van der Waals surface area contributed by atoms with E-state index in [1.165, 1.54) is 12.1 Å². The van der Waals surface area contributed by atoms with Crippen LogP contribution in [0.3, 0.4) is 0 Å². The van der Waals surface area contributed by atoms with E-state index in [0.717, 1.165) is 12.1 Å². The molecule has 1 radical (unpaired) electrons. The van der Waals surface area contributed by atoms with Crippen LogP contribution < -0.4 is 10.5 Å². The van der Waals surface area contributed by atoms with E-state index in [4.69, 9.17) is 5.73 Å². The molecule has 1 N–H and O–H groups in total. The minimum Gasteiger partial charge on any atom is -0.406 e. The monoisotopic (exact) mass is 176 g/mol. The molecule has 2 nitrogen and oxygen atoms in total. The molecule has 0 atom stereocenters. The maximum atomic E-state index is 11.6. The summed E-state index contributed by atoms with van der Waals surface area (Å²) in [5.74, 6) is -0.366. The van der Waals surface area contributed by atoms with E-state index in [9.17, 15) is 13.2 Å². The van der Waals surface area contributed by atoms with E-state index >= 15 is 0 Å². The number of rotatable bonds is 1. The summed E-state index contributed by atoms with van der Waals surface area (Å²) in [6.07, 6.45) is -4.69. The second-order valence-corrected chi connectivity index (χ2v) is 2.08. The van der Waals surface area contributed by atoms with E-state index < -0.39 is 6.36 Å². The molecule has 0 aliphatic heterocycles. The Balaban J connectivity index is 2.77. The first kappa shape index (κ1) is 8.70. The molecule has 0 amide bonds. The lowest BCUT2D eigenvalue weighted by Crippen LogP contribution is -2.16. The third kappa shape index (κ3) is 2.69. The van der Waals surface area contributed by atoms with Gasteiger partial charge in [0, 0.05) is 6.07 Å². The molecule has 1 rings (SSSR count). The molecule has 0 aliphatic rings. The van der Waals surface area contributed by atoms with Gasteiger partial charge in [0.1, 0.15) is 5.75 Å². The van der Waals surface area contributed by atoms with Gasteiger partial charge in [-0.05, 0) is 12.1 Å². The van der Waals surface area contributed by atoms with Crippen LogP contribution in [0, 0.1) is 0 Å². The van der Waals surface area contributed by atoms with Crippen molar-refractivity contribution in [3.63, 3.8) is 0 Å². The molecule has 0 bridgehead atoms. The molecule has 65 valence electrons. The first-order chi connectivity index (χ1) is 5.47. The average molecular weight is 176 g/mol. The van der Waals surface area contributed by atoms with Gasteiger partial charge in [0.2, 0.25) is 0 Å². The second-order valence-electron chi connectivity index (χ2n) is 2.08. The van der Waals surface area contributed by atoms with Gasteiger partial charge in [-0.2, -0.15) is 0 Å². The van der Waals surface area contributed by atoms with Gasteiger partial charge < -0.3 is 10.5 Å². The molecule has 0 spiro atoms. The van der Waals surface area contributed by atoms with Crippen molar-refractivity contribution in [1.82, 2.24) is 5.73 Å². The fourth-order valence-electron chi connectivity index (χ4n) is 0.693. The van der Waals surface area contributed by atoms with Gasteiger partial charge in [-0.3, -0.25) is 0 Å². The number of nitrogens with one attached hydrogen (secondary N) is 1. The van der Waals surface area contributed by atoms with E-state index in [-0.39, 0.29) is 11.4 Å². The van der Waals surface area contributed by atoms with Crippen molar-refractivity contribution < 1.29 is 17.9 Å². The normalized spacial score (nSPS) is 11.2. The largest absolute Gasteiger partial charge is 0.573 e. The van der Waals surface area contributed by atoms with Crippen LogP contribution in [0.2, 0.25) is 0 Å². The number of hydrogen-bond acceptors (Lipinski definition) is 1. The summed E-state index contributed by atoms with van der Waals surface area (Å²) in [4.78, 5) is 0. The zero-order chi connectivity index (χ0) is 9.19. The summed E-state index contributed by atoms with van der Waals surface area (Å²) in [6.45, 7) is 0. The summed E-state index contributed by atoms with van der Waals surface area (Å²) in [5.41, 5.74) is 6.98. The minimum atomic E-state index is -4.69. The van der Waals surface area contributed by atoms with Crippen LogP contribution in [-0.2, 0) is 0 Å². The van der Waals surface area contributed by atoms with Crippen LogP contribution in [0.5, 0.6) is 5.75 Å². The van der Waals surface area contributed by atoms with Crippen LogP contribution in [0.25, 0.3) is 0 Å². The lowest BCUT2D eigenvalue weighted by Gasteiger charge is -2.08. The predicted molar refractivity (Wildman–Crippen MR) is 35.9 cm³/mol. The lowest BCUT2D eigenvalue weighted by molar-refractivity contribution is -0.274. The highest BCUT2D eigenvalue weighted by Gasteiger charge is 2.30. The molecule has 0 aromatic heterocycles. The van der Waals surface area contributed by atoms with Crippen LogP contribution in [0.15, 0.2) is 24.3 Å². The third-order valence-corrected chi connectivity index (χ3v) is 1.07. The molecular formula is C7H5F3NO. The van der Waals surface area contributed by atoms with Crippen molar-refractivity contribution in [3.05, 3.63) is 24.3 Å². The minimum absolute atomic E-state index is 0.0169. The Kier molecular flexibility index (Phi) is 2.12. The van der Waals surface area contributed by atoms with E-state index in [1.807, 2.05) is 0 Å². The molecular weight excluding hydrogens is 171 g/mol. The molecule has 0 heterocycles. The first-order valence-corrected chi connectivity index (χ1v) is 3.05. The van der Waals surface area contributed by atoms with Crippen molar-refractivity contribution >= 4 is 5.69 Å². The summed E-state index contributed by atoms with van der Waals surface area (Å²) in [7, 11) is 0. The number of benzene rings is 1. The Hall–Kier alpha value is -1.39. The molecule has 1 aromatic rings. The van der Waals surface area contributed by atoms with Crippen molar-refractivity contribution in [3.8, 4) is 5.75 Å². The molecule has 0 unspecified atom stereocenters. The highest BCUT2D eigenvalue weighted by molar-refractivity contribution is 5.40. The Morgan fingerprint density at radius 3 is 2.42 bits per heavy atom. The van der Waals surface area contributed by atoms with Gasteiger partial charge in [0.05, 0.1) is 5.69 Å². The van der Waals surface area contributed by atoms with Crippen molar-refractivity contribution in [2.24, 2.45) is 0 Å². The van der Waals surface area contributed by atoms with E-state index in [0.29, 0.717) is 0 Å². The summed E-state index contributed by atoms with van der Waals surface area (Å²) in [5, 5.41) is 0. The third-order valence-electron chi connectivity index (χ3n) is 1.07. The number of ether oxygens (including phenoxy) is 1. The van der Waals surface area contributed by atoms with Crippen molar-refractivity contribution in [1.29, 1.82) is 0 Å². The molecule has 0 saturated carbocycles. The Labute approximate surface area is 66.7 Å². The van der Waals surface area contributed by atoms with Crippen LogP contribution >= 0.6 is 0 Å². The Morgan fingerprint density at radius 1 is 1.25 bits per heavy atom. The maximum absolute atomic E-state index is 11.6. The molecule has 0 fully saturated rings. The maximum Gasteiger partial charge on any atom is 0.573 e. The van der Waals surface area contributed by atoms with Gasteiger partial charge in [0.25, 0.3) is 0 Å². The highest BCUT2D eigenvalue weighted by atomic mass is 19.4.